The van der Waals surface area contributed by atoms with Gasteiger partial charge < -0.3 is 4.90 Å². The molecule has 0 N–H and O–H groups in total. The summed E-state index contributed by atoms with van der Waals surface area (Å²) >= 11 is 0. The third-order valence-corrected chi connectivity index (χ3v) is 5.45. The first-order valence-electron chi connectivity index (χ1n) is 9.54. The molecule has 25 heavy (non-hydrogen) atoms. The fourth-order valence-corrected chi connectivity index (χ4v) is 3.76. The minimum Gasteiger partial charge on any atom is -0.366 e. The molecular weight excluding hydrogens is 302 g/mol. The van der Waals surface area contributed by atoms with Crippen LogP contribution in [-0.2, 0) is 13.1 Å². The topological polar surface area (TPSA) is 3.24 Å². The van der Waals surface area contributed by atoms with Gasteiger partial charge in [0.2, 0.25) is 0 Å². The van der Waals surface area contributed by atoms with E-state index in [2.05, 4.69) is 92.4 Å². The fourth-order valence-electron chi connectivity index (χ4n) is 3.76. The third kappa shape index (κ3) is 4.98. The van der Waals surface area contributed by atoms with Gasteiger partial charge in [-0.15, -0.1) is 0 Å². The largest absolute Gasteiger partial charge is 0.366 e. The van der Waals surface area contributed by atoms with Gasteiger partial charge in [0.1, 0.15) is 0 Å². The maximum atomic E-state index is 2.57. The molecule has 0 radical (unpaired) electrons. The Hall–Kier alpha value is -2.02. The molecule has 1 atom stereocenters. The van der Waals surface area contributed by atoms with Gasteiger partial charge in [0, 0.05) is 18.8 Å². The van der Waals surface area contributed by atoms with Gasteiger partial charge in [0.05, 0.1) is 0 Å². The number of hydrogen-bond acceptors (Lipinski definition) is 1. The predicted octanol–water partition coefficient (Wildman–Crippen LogP) is 6.42. The van der Waals surface area contributed by atoms with Gasteiger partial charge >= 0.3 is 0 Å². The minimum absolute atomic E-state index is 0.408. The molecule has 0 bridgehead atoms. The molecule has 1 aliphatic rings. The first-order chi connectivity index (χ1) is 12.0. The summed E-state index contributed by atoms with van der Waals surface area (Å²) in [5, 5.41) is 0. The van der Waals surface area contributed by atoms with Crippen LogP contribution in [0.3, 0.4) is 0 Å². The normalized spacial score (nSPS) is 17.9. The van der Waals surface area contributed by atoms with Crippen LogP contribution in [0.25, 0.3) is 0 Å². The number of rotatable bonds is 5. The second-order valence-electron chi connectivity index (χ2n) is 8.36. The molecule has 0 saturated carbocycles. The Morgan fingerprint density at radius 2 is 1.36 bits per heavy atom. The van der Waals surface area contributed by atoms with Crippen molar-refractivity contribution in [2.24, 2.45) is 11.3 Å². The summed E-state index contributed by atoms with van der Waals surface area (Å²) in [7, 11) is 0. The molecule has 0 heterocycles. The van der Waals surface area contributed by atoms with Crippen LogP contribution >= 0.6 is 0 Å². The van der Waals surface area contributed by atoms with Crippen molar-refractivity contribution >= 4 is 0 Å². The Kier molecular flexibility index (Phi) is 5.63. The van der Waals surface area contributed by atoms with E-state index in [0.717, 1.165) is 19.0 Å². The van der Waals surface area contributed by atoms with Crippen molar-refractivity contribution in [3.05, 3.63) is 83.6 Å². The van der Waals surface area contributed by atoms with Gasteiger partial charge in [-0.2, -0.15) is 0 Å². The first kappa shape index (κ1) is 17.8. The van der Waals surface area contributed by atoms with Crippen LogP contribution in [0.1, 0.15) is 51.2 Å². The lowest BCUT2D eigenvalue weighted by Crippen LogP contribution is -2.28. The molecule has 132 valence electrons. The van der Waals surface area contributed by atoms with Crippen molar-refractivity contribution in [1.82, 2.24) is 4.90 Å². The smallest absolute Gasteiger partial charge is 0.0430 e. The molecule has 0 aliphatic heterocycles. The number of allylic oxidation sites excluding steroid dienone is 2. The first-order valence-corrected chi connectivity index (χ1v) is 9.54. The Morgan fingerprint density at radius 1 is 0.840 bits per heavy atom. The van der Waals surface area contributed by atoms with Crippen LogP contribution in [0.5, 0.6) is 0 Å². The predicted molar refractivity (Wildman–Crippen MR) is 107 cm³/mol. The minimum atomic E-state index is 0.408. The molecule has 0 saturated heterocycles. The van der Waals surface area contributed by atoms with E-state index in [1.807, 2.05) is 0 Å². The van der Waals surface area contributed by atoms with Gasteiger partial charge in [0.25, 0.3) is 0 Å². The summed E-state index contributed by atoms with van der Waals surface area (Å²) in [6, 6.07) is 21.7. The van der Waals surface area contributed by atoms with Gasteiger partial charge in [0.15, 0.2) is 0 Å². The molecule has 2 aromatic rings. The molecule has 0 spiro atoms. The Labute approximate surface area is 153 Å². The van der Waals surface area contributed by atoms with Crippen LogP contribution < -0.4 is 0 Å². The standard InChI is InChI=1S/C24H31N/c1-24(2,3)22-14-16-23(17-15-22)25(18-20-10-6-4-7-11-20)19-21-12-8-5-9-13-21/h4-13,16,22H,14-15,17-19H2,1-3H3. The van der Waals surface area contributed by atoms with Crippen molar-refractivity contribution < 1.29 is 0 Å². The molecule has 1 unspecified atom stereocenters. The van der Waals surface area contributed by atoms with Crippen molar-refractivity contribution in [2.45, 2.75) is 53.1 Å². The summed E-state index contributed by atoms with van der Waals surface area (Å²) in [4.78, 5) is 2.57. The summed E-state index contributed by atoms with van der Waals surface area (Å²) in [5.41, 5.74) is 4.70. The van der Waals surface area contributed by atoms with E-state index >= 15 is 0 Å². The molecule has 0 aromatic heterocycles. The maximum Gasteiger partial charge on any atom is 0.0430 e. The van der Waals surface area contributed by atoms with Gasteiger partial charge in [-0.3, -0.25) is 0 Å². The van der Waals surface area contributed by atoms with Crippen LogP contribution in [0.4, 0.5) is 0 Å². The van der Waals surface area contributed by atoms with Crippen LogP contribution in [0.2, 0.25) is 0 Å². The Bertz CT molecular complexity index is 638. The fraction of sp³-hybridized carbons (Fsp3) is 0.417. The van der Waals surface area contributed by atoms with Crippen LogP contribution in [-0.4, -0.2) is 4.90 Å². The van der Waals surface area contributed by atoms with E-state index in [-0.39, 0.29) is 0 Å². The van der Waals surface area contributed by atoms with Crippen molar-refractivity contribution in [1.29, 1.82) is 0 Å². The number of benzene rings is 2. The van der Waals surface area contributed by atoms with Gasteiger partial charge in [-0.25, -0.2) is 0 Å². The molecule has 1 aliphatic carbocycles. The highest BCUT2D eigenvalue weighted by Crippen LogP contribution is 2.38. The number of hydrogen-bond donors (Lipinski definition) is 0. The molecule has 2 aromatic carbocycles. The number of nitrogens with zero attached hydrogens (tertiary/aromatic N) is 1. The van der Waals surface area contributed by atoms with Gasteiger partial charge in [-0.05, 0) is 41.7 Å². The molecular formula is C24H31N. The summed E-state index contributed by atoms with van der Waals surface area (Å²) in [6.07, 6.45) is 6.21. The van der Waals surface area contributed by atoms with E-state index in [1.165, 1.54) is 36.1 Å². The highest BCUT2D eigenvalue weighted by atomic mass is 15.1. The third-order valence-electron chi connectivity index (χ3n) is 5.45. The van der Waals surface area contributed by atoms with Crippen molar-refractivity contribution in [2.75, 3.05) is 0 Å². The second-order valence-corrected chi connectivity index (χ2v) is 8.36. The SMILES string of the molecule is CC(C)(C)C1CC=C(N(Cc2ccccc2)Cc2ccccc2)CC1. The van der Waals surface area contributed by atoms with Crippen LogP contribution in [0, 0.1) is 11.3 Å². The zero-order valence-electron chi connectivity index (χ0n) is 15.9. The maximum absolute atomic E-state index is 2.57. The second kappa shape index (κ2) is 7.91. The Balaban J connectivity index is 1.78. The van der Waals surface area contributed by atoms with E-state index < -0.39 is 0 Å². The lowest BCUT2D eigenvalue weighted by atomic mass is 9.74. The zero-order valence-corrected chi connectivity index (χ0v) is 15.9. The summed E-state index contributed by atoms with van der Waals surface area (Å²) in [6.45, 7) is 9.11. The molecule has 3 rings (SSSR count). The molecule has 0 amide bonds. The average Bonchev–Trinajstić information content (AvgIpc) is 2.62. The quantitative estimate of drug-likeness (QED) is 0.610. The lowest BCUT2D eigenvalue weighted by Gasteiger charge is -2.37. The highest BCUT2D eigenvalue weighted by Gasteiger charge is 2.27. The monoisotopic (exact) mass is 333 g/mol. The van der Waals surface area contributed by atoms with E-state index in [0.29, 0.717) is 5.41 Å². The molecule has 1 nitrogen and oxygen atoms in total. The highest BCUT2D eigenvalue weighted by molar-refractivity contribution is 5.20. The van der Waals surface area contributed by atoms with Gasteiger partial charge in [-0.1, -0.05) is 87.5 Å². The van der Waals surface area contributed by atoms with Crippen molar-refractivity contribution in [3.63, 3.8) is 0 Å². The lowest BCUT2D eigenvalue weighted by molar-refractivity contribution is 0.202. The van der Waals surface area contributed by atoms with E-state index in [9.17, 15) is 0 Å². The van der Waals surface area contributed by atoms with E-state index in [1.54, 1.807) is 0 Å². The van der Waals surface area contributed by atoms with Crippen molar-refractivity contribution in [3.8, 4) is 0 Å². The summed E-state index contributed by atoms with van der Waals surface area (Å²) in [5.74, 6) is 0.798. The zero-order chi connectivity index (χ0) is 17.7. The Morgan fingerprint density at radius 3 is 1.76 bits per heavy atom. The van der Waals surface area contributed by atoms with E-state index in [4.69, 9.17) is 0 Å². The molecule has 0 fully saturated rings. The average molecular weight is 334 g/mol. The summed E-state index contributed by atoms with van der Waals surface area (Å²) < 4.78 is 0. The molecule has 1 heteroatoms. The van der Waals surface area contributed by atoms with Crippen LogP contribution in [0.15, 0.2) is 72.4 Å².